The molecular formula is C70H111NP2. The molecule has 73 heavy (non-hydrogen) atoms. The van der Waals surface area contributed by atoms with Crippen molar-refractivity contribution in [3.8, 4) is 0 Å². The molecule has 1 saturated carbocycles. The smallest absolute Gasteiger partial charge is 0.0326 e. The van der Waals surface area contributed by atoms with Crippen LogP contribution in [0.3, 0.4) is 0 Å². The van der Waals surface area contributed by atoms with Gasteiger partial charge in [0.1, 0.15) is 0 Å². The second-order valence-corrected chi connectivity index (χ2v) is 27.3. The lowest BCUT2D eigenvalue weighted by molar-refractivity contribution is 0.355. The molecule has 0 N–H and O–H groups in total. The molecule has 3 heteroatoms. The minimum atomic E-state index is -0.809. The minimum absolute atomic E-state index is 0.563. The van der Waals surface area contributed by atoms with Crippen molar-refractivity contribution in [2.45, 2.75) is 297 Å². The highest BCUT2D eigenvalue weighted by atomic mass is 31.2. The number of benzene rings is 4. The standard InChI is InChI=1S/C70H111NP2/c1-5-9-13-17-21-25-29-34-42-62-52-56-67(57-53-62)72(68-58-54-63(55-59-68)43-35-30-26-22-18-14-10-6-2)71(66-48-38-33-39-49-66)73(69-50-40-46-64(60-69)44-36-31-27-23-19-15-11-7-3)70-51-41-47-65(61-70)45-37-32-28-24-20-16-12-8-4/h40-41,46-47,50-61,66H,5-39,42-45,48-49H2,1-4H3. The van der Waals surface area contributed by atoms with E-state index in [0.29, 0.717) is 6.04 Å². The number of hydrogen-bond acceptors (Lipinski definition) is 1. The molecule has 5 rings (SSSR count). The first-order valence-electron chi connectivity index (χ1n) is 31.9. The largest absolute Gasteiger partial charge is 0.242 e. The van der Waals surface area contributed by atoms with Crippen molar-refractivity contribution in [1.82, 2.24) is 4.44 Å². The maximum absolute atomic E-state index is 3.22. The third-order valence-electron chi connectivity index (χ3n) is 16.3. The predicted molar refractivity (Wildman–Crippen MR) is 332 cm³/mol. The lowest BCUT2D eigenvalue weighted by Crippen LogP contribution is -2.39. The van der Waals surface area contributed by atoms with Crippen LogP contribution >= 0.6 is 16.1 Å². The van der Waals surface area contributed by atoms with Gasteiger partial charge in [-0.1, -0.05) is 312 Å². The van der Waals surface area contributed by atoms with Crippen LogP contribution in [0.2, 0.25) is 0 Å². The molecule has 4 aromatic carbocycles. The van der Waals surface area contributed by atoms with Crippen molar-refractivity contribution in [1.29, 1.82) is 0 Å². The Hall–Kier alpha value is -2.30. The summed E-state index contributed by atoms with van der Waals surface area (Å²) in [6.45, 7) is 9.31. The van der Waals surface area contributed by atoms with Crippen molar-refractivity contribution in [2.75, 3.05) is 0 Å². The van der Waals surface area contributed by atoms with E-state index in [1.165, 1.54) is 274 Å². The molecule has 1 aliphatic rings. The molecule has 0 radical (unpaired) electrons. The lowest BCUT2D eigenvalue weighted by Gasteiger charge is -2.45. The van der Waals surface area contributed by atoms with Crippen LogP contribution in [0.5, 0.6) is 0 Å². The number of unbranched alkanes of at least 4 members (excludes halogenated alkanes) is 28. The van der Waals surface area contributed by atoms with E-state index >= 15 is 0 Å². The van der Waals surface area contributed by atoms with Gasteiger partial charge in [-0.15, -0.1) is 0 Å². The Morgan fingerprint density at radius 1 is 0.301 bits per heavy atom. The zero-order valence-corrected chi connectivity index (χ0v) is 49.9. The second-order valence-electron chi connectivity index (χ2n) is 22.8. The van der Waals surface area contributed by atoms with Crippen molar-refractivity contribution in [3.63, 3.8) is 0 Å². The maximum Gasteiger partial charge on any atom is 0.0326 e. The van der Waals surface area contributed by atoms with Crippen molar-refractivity contribution >= 4 is 37.4 Å². The van der Waals surface area contributed by atoms with Crippen LogP contribution in [0, 0.1) is 0 Å². The zero-order valence-electron chi connectivity index (χ0n) is 48.1. The molecule has 1 aliphatic carbocycles. The molecule has 0 heterocycles. The topological polar surface area (TPSA) is 3.24 Å². The number of hydrogen-bond donors (Lipinski definition) is 0. The van der Waals surface area contributed by atoms with E-state index in [0.717, 1.165) is 0 Å². The molecule has 0 saturated heterocycles. The fraction of sp³-hybridized carbons (Fsp3) is 0.657. The quantitative estimate of drug-likeness (QED) is 0.0315. The second kappa shape index (κ2) is 40.0. The number of rotatable bonds is 43. The Morgan fingerprint density at radius 3 is 0.918 bits per heavy atom. The Balaban J connectivity index is 1.48. The Bertz CT molecular complexity index is 1790. The van der Waals surface area contributed by atoms with Gasteiger partial charge < -0.3 is 0 Å². The average Bonchev–Trinajstić information content (AvgIpc) is 3.42. The van der Waals surface area contributed by atoms with E-state index in [1.807, 2.05) is 0 Å². The average molecular weight is 1030 g/mol. The van der Waals surface area contributed by atoms with E-state index in [1.54, 1.807) is 32.3 Å². The predicted octanol–water partition coefficient (Wildman–Crippen LogP) is 21.4. The van der Waals surface area contributed by atoms with E-state index in [9.17, 15) is 0 Å². The van der Waals surface area contributed by atoms with Crippen LogP contribution in [0.15, 0.2) is 97.1 Å². The molecule has 406 valence electrons. The molecular weight excluding hydrogens is 917 g/mol. The number of aryl methyl sites for hydroxylation is 4. The molecule has 0 aromatic heterocycles. The highest BCUT2D eigenvalue weighted by Gasteiger charge is 2.37. The van der Waals surface area contributed by atoms with Crippen LogP contribution < -0.4 is 21.2 Å². The van der Waals surface area contributed by atoms with E-state index in [-0.39, 0.29) is 0 Å². The van der Waals surface area contributed by atoms with Crippen LogP contribution in [0.4, 0.5) is 0 Å². The normalized spacial score (nSPS) is 13.3. The highest BCUT2D eigenvalue weighted by Crippen LogP contribution is 2.58. The van der Waals surface area contributed by atoms with Crippen molar-refractivity contribution in [2.24, 2.45) is 0 Å². The fourth-order valence-electron chi connectivity index (χ4n) is 11.6. The van der Waals surface area contributed by atoms with Crippen LogP contribution in [0.25, 0.3) is 0 Å². The van der Waals surface area contributed by atoms with Gasteiger partial charge in [-0.2, -0.15) is 0 Å². The summed E-state index contributed by atoms with van der Waals surface area (Å²) in [5, 5.41) is 6.25. The zero-order chi connectivity index (χ0) is 51.2. The molecule has 1 fully saturated rings. The van der Waals surface area contributed by atoms with Gasteiger partial charge in [-0.3, -0.25) is 0 Å². The monoisotopic (exact) mass is 1030 g/mol. The lowest BCUT2D eigenvalue weighted by atomic mass is 9.96. The van der Waals surface area contributed by atoms with Gasteiger partial charge >= 0.3 is 0 Å². The van der Waals surface area contributed by atoms with Crippen molar-refractivity contribution in [3.05, 3.63) is 119 Å². The molecule has 0 atom stereocenters. The molecule has 0 bridgehead atoms. The summed E-state index contributed by atoms with van der Waals surface area (Å²) < 4.78 is 3.22. The van der Waals surface area contributed by atoms with Gasteiger partial charge in [0.2, 0.25) is 0 Å². The van der Waals surface area contributed by atoms with E-state index in [2.05, 4.69) is 129 Å². The molecule has 4 aromatic rings. The maximum atomic E-state index is 3.22. The fourth-order valence-corrected chi connectivity index (χ4v) is 18.2. The third kappa shape index (κ3) is 24.7. The summed E-state index contributed by atoms with van der Waals surface area (Å²) >= 11 is 0. The first-order valence-corrected chi connectivity index (χ1v) is 34.5. The van der Waals surface area contributed by atoms with Gasteiger partial charge in [-0.05, 0) is 120 Å². The summed E-state index contributed by atoms with van der Waals surface area (Å²) in [6.07, 6.45) is 55.6. The molecule has 0 aliphatic heterocycles. The summed E-state index contributed by atoms with van der Waals surface area (Å²) in [6, 6.07) is 41.4. The van der Waals surface area contributed by atoms with E-state index < -0.39 is 16.1 Å². The third-order valence-corrected chi connectivity index (χ3v) is 21.9. The Morgan fingerprint density at radius 2 is 0.589 bits per heavy atom. The van der Waals surface area contributed by atoms with Gasteiger partial charge in [0.05, 0.1) is 0 Å². The SMILES string of the molecule is CCCCCCCCCCc1ccc(P(c2ccc(CCCCCCCCCC)cc2)N(C2CCCCC2)P(c2cccc(CCCCCCCCCC)c2)c2cccc(CCCCCCCCCC)c2)cc1. The summed E-state index contributed by atoms with van der Waals surface area (Å²) in [5.41, 5.74) is 6.16. The summed E-state index contributed by atoms with van der Waals surface area (Å²) in [4.78, 5) is 0. The molecule has 0 spiro atoms. The Labute approximate surface area is 455 Å². The van der Waals surface area contributed by atoms with Crippen molar-refractivity contribution < 1.29 is 0 Å². The molecule has 0 amide bonds. The first-order chi connectivity index (χ1) is 36.1. The van der Waals surface area contributed by atoms with Gasteiger partial charge in [-0.25, -0.2) is 4.44 Å². The van der Waals surface area contributed by atoms with Gasteiger partial charge in [0.15, 0.2) is 0 Å². The summed E-state index contributed by atoms with van der Waals surface area (Å²) in [7, 11) is -1.61. The summed E-state index contributed by atoms with van der Waals surface area (Å²) in [5.74, 6) is 0. The minimum Gasteiger partial charge on any atom is -0.242 e. The van der Waals surface area contributed by atoms with E-state index in [4.69, 9.17) is 0 Å². The highest BCUT2D eigenvalue weighted by molar-refractivity contribution is 7.84. The Kier molecular flexibility index (Phi) is 33.7. The van der Waals surface area contributed by atoms with Crippen LogP contribution in [0.1, 0.15) is 288 Å². The molecule has 1 nitrogen and oxygen atoms in total. The van der Waals surface area contributed by atoms with Gasteiger partial charge in [0, 0.05) is 22.2 Å². The van der Waals surface area contributed by atoms with Crippen LogP contribution in [-0.2, 0) is 25.7 Å². The van der Waals surface area contributed by atoms with Gasteiger partial charge in [0.25, 0.3) is 0 Å². The number of nitrogens with zero attached hydrogens (tertiary/aromatic N) is 1. The van der Waals surface area contributed by atoms with Crippen LogP contribution in [-0.4, -0.2) is 10.5 Å². The first kappa shape index (κ1) is 61.6. The molecule has 0 unspecified atom stereocenters.